The highest BCUT2D eigenvalue weighted by Gasteiger charge is 2.32. The minimum Gasteiger partial charge on any atom is -0.497 e. The smallest absolute Gasteiger partial charge is 0.408 e. The highest BCUT2D eigenvalue weighted by Crippen LogP contribution is 2.28. The fourth-order valence-corrected chi connectivity index (χ4v) is 8.39. The number of esters is 2. The molecule has 8 atom stereocenters. The maximum Gasteiger partial charge on any atom is 0.408 e. The SMILES string of the molecule is COC(=O)[C@H](CCC[C@H](CCSC)[C@@H](OCC(C)C)[C@H](C)O)NC(=O)OC(C)(C)C.COC(=O)[C@H](CCC[C@H](CCSC)[C@@H](OCC(C)C)[C@H](C)OCc1ccc(OC)cc1)NC(=O)OC(C)(C)C. The van der Waals surface area contributed by atoms with Crippen LogP contribution in [0.2, 0.25) is 0 Å². The van der Waals surface area contributed by atoms with Crippen LogP contribution in [0.3, 0.4) is 0 Å². The van der Waals surface area contributed by atoms with Gasteiger partial charge < -0.3 is 53.6 Å². The van der Waals surface area contributed by atoms with E-state index in [0.717, 1.165) is 48.5 Å². The first-order chi connectivity index (χ1) is 32.3. The predicted molar refractivity (Wildman–Crippen MR) is 279 cm³/mol. The lowest BCUT2D eigenvalue weighted by atomic mass is 9.89. The summed E-state index contributed by atoms with van der Waals surface area (Å²) in [6.45, 7) is 24.6. The highest BCUT2D eigenvalue weighted by molar-refractivity contribution is 7.98. The summed E-state index contributed by atoms with van der Waals surface area (Å²) in [4.78, 5) is 48.9. The normalized spacial score (nSPS) is 15.3. The molecule has 402 valence electrons. The van der Waals surface area contributed by atoms with Gasteiger partial charge >= 0.3 is 24.1 Å². The number of thioether (sulfide) groups is 2. The van der Waals surface area contributed by atoms with Gasteiger partial charge in [-0.2, -0.15) is 23.5 Å². The number of aliphatic hydroxyl groups excluding tert-OH is 1. The van der Waals surface area contributed by atoms with Crippen molar-refractivity contribution in [2.24, 2.45) is 23.7 Å². The molecule has 15 nitrogen and oxygen atoms in total. The van der Waals surface area contributed by atoms with Crippen molar-refractivity contribution in [2.75, 3.05) is 58.6 Å². The van der Waals surface area contributed by atoms with Crippen LogP contribution in [-0.2, 0) is 49.4 Å². The van der Waals surface area contributed by atoms with Crippen molar-refractivity contribution in [3.05, 3.63) is 29.8 Å². The Morgan fingerprint density at radius 3 is 1.35 bits per heavy atom. The van der Waals surface area contributed by atoms with Crippen LogP contribution in [0.1, 0.15) is 140 Å². The number of methoxy groups -OCH3 is 3. The molecular weight excluding hydrogens is 925 g/mol. The maximum absolute atomic E-state index is 12.4. The van der Waals surface area contributed by atoms with Gasteiger partial charge in [0.05, 0.1) is 52.4 Å². The van der Waals surface area contributed by atoms with E-state index in [0.29, 0.717) is 57.3 Å². The fraction of sp³-hybridized carbons (Fsp3) is 0.808. The Morgan fingerprint density at radius 1 is 0.594 bits per heavy atom. The van der Waals surface area contributed by atoms with Crippen LogP contribution in [0.5, 0.6) is 5.75 Å². The molecule has 0 aliphatic carbocycles. The molecule has 1 aromatic carbocycles. The number of ether oxygens (including phenoxy) is 8. The lowest BCUT2D eigenvalue weighted by Gasteiger charge is -2.33. The van der Waals surface area contributed by atoms with Gasteiger partial charge in [0.1, 0.15) is 29.0 Å². The van der Waals surface area contributed by atoms with Crippen molar-refractivity contribution in [1.82, 2.24) is 10.6 Å². The van der Waals surface area contributed by atoms with E-state index in [1.807, 2.05) is 24.3 Å². The number of aliphatic hydroxyl groups is 1. The molecule has 0 aromatic heterocycles. The molecule has 17 heteroatoms. The van der Waals surface area contributed by atoms with Crippen molar-refractivity contribution in [3.8, 4) is 5.75 Å². The minimum absolute atomic E-state index is 0.104. The van der Waals surface area contributed by atoms with Gasteiger partial charge in [-0.25, -0.2) is 19.2 Å². The lowest BCUT2D eigenvalue weighted by molar-refractivity contribution is -0.144. The average Bonchev–Trinajstić information content (AvgIpc) is 3.26. The van der Waals surface area contributed by atoms with E-state index in [1.54, 1.807) is 79.1 Å². The Balaban J connectivity index is 0.00000139. The Bertz CT molecular complexity index is 1540. The van der Waals surface area contributed by atoms with Crippen molar-refractivity contribution < 1.29 is 62.2 Å². The molecular formula is C52H94N2O13S2. The zero-order valence-corrected chi connectivity index (χ0v) is 47.1. The van der Waals surface area contributed by atoms with E-state index >= 15 is 0 Å². The second-order valence-corrected chi connectivity index (χ2v) is 22.3. The molecule has 2 amide bonds. The Labute approximate surface area is 425 Å². The van der Waals surface area contributed by atoms with Gasteiger partial charge in [0, 0.05) is 13.2 Å². The van der Waals surface area contributed by atoms with Crippen LogP contribution in [0.4, 0.5) is 9.59 Å². The standard InChI is InChI=1S/C30H51NO7S.C22H43NO6S/c1-21(2)19-37-27(22(3)36-20-23-13-15-25(34-7)16-14-23)24(17-18-39-9)11-10-12-26(28(32)35-8)31-29(33)38-30(4,5)6;1-15(2)14-28-19(16(3)24)17(12-13-30-8)10-9-11-18(20(25)27-7)23-21(26)29-22(4,5)6/h13-16,21-22,24,26-27H,10-12,17-20H2,1-9H3,(H,31,33);15-19,24H,9-14H2,1-8H3,(H,23,26)/t22-,24+,26-,27-;16-,17+,18-,19-/m00/s1. The van der Waals surface area contributed by atoms with Crippen molar-refractivity contribution in [1.29, 1.82) is 0 Å². The molecule has 0 aliphatic heterocycles. The Morgan fingerprint density at radius 2 is 1.00 bits per heavy atom. The molecule has 69 heavy (non-hydrogen) atoms. The topological polar surface area (TPSA) is 186 Å². The Hall–Kier alpha value is -2.96. The molecule has 0 bridgehead atoms. The predicted octanol–water partition coefficient (Wildman–Crippen LogP) is 10.3. The van der Waals surface area contributed by atoms with Crippen LogP contribution in [0, 0.1) is 23.7 Å². The summed E-state index contributed by atoms with van der Waals surface area (Å²) in [5.74, 6) is 2.96. The molecule has 0 spiro atoms. The minimum atomic E-state index is -0.773. The van der Waals surface area contributed by atoms with Gasteiger partial charge in [-0.05, 0) is 159 Å². The van der Waals surface area contributed by atoms with Crippen molar-refractivity contribution in [3.63, 3.8) is 0 Å². The average molecular weight is 1020 g/mol. The Kier molecular flexibility index (Phi) is 34.5. The summed E-state index contributed by atoms with van der Waals surface area (Å²) >= 11 is 3.56. The van der Waals surface area contributed by atoms with Crippen molar-refractivity contribution in [2.45, 2.75) is 189 Å². The first-order valence-electron chi connectivity index (χ1n) is 24.6. The van der Waals surface area contributed by atoms with Crippen LogP contribution in [0.15, 0.2) is 24.3 Å². The molecule has 0 radical (unpaired) electrons. The van der Waals surface area contributed by atoms with Crippen LogP contribution < -0.4 is 15.4 Å². The number of carbonyl (C=O) groups is 4. The summed E-state index contributed by atoms with van der Waals surface area (Å²) in [5, 5.41) is 15.6. The number of benzene rings is 1. The van der Waals surface area contributed by atoms with Gasteiger partial charge in [0.25, 0.3) is 0 Å². The van der Waals surface area contributed by atoms with Crippen LogP contribution >= 0.6 is 23.5 Å². The summed E-state index contributed by atoms with van der Waals surface area (Å²) in [5.41, 5.74) is -0.234. The third kappa shape index (κ3) is 31.9. The summed E-state index contributed by atoms with van der Waals surface area (Å²) < 4.78 is 44.4. The van der Waals surface area contributed by atoms with Gasteiger partial charge in [0.2, 0.25) is 0 Å². The first kappa shape index (κ1) is 66.0. The third-order valence-corrected chi connectivity index (χ3v) is 11.9. The zero-order chi connectivity index (χ0) is 52.7. The van der Waals surface area contributed by atoms with Gasteiger partial charge in [-0.3, -0.25) is 0 Å². The number of nitrogens with one attached hydrogen (secondary N) is 2. The molecule has 0 heterocycles. The molecule has 1 rings (SSSR count). The second kappa shape index (κ2) is 36.0. The summed E-state index contributed by atoms with van der Waals surface area (Å²) in [6.07, 6.45) is 7.56. The number of amides is 2. The van der Waals surface area contributed by atoms with Gasteiger partial charge in [-0.1, -0.05) is 52.7 Å². The van der Waals surface area contributed by atoms with Crippen LogP contribution in [0.25, 0.3) is 0 Å². The largest absolute Gasteiger partial charge is 0.497 e. The monoisotopic (exact) mass is 1020 g/mol. The van der Waals surface area contributed by atoms with Crippen LogP contribution in [-0.4, -0.2) is 135 Å². The van der Waals surface area contributed by atoms with Crippen molar-refractivity contribution >= 4 is 47.6 Å². The van der Waals surface area contributed by atoms with E-state index in [4.69, 9.17) is 37.9 Å². The van der Waals surface area contributed by atoms with E-state index < -0.39 is 53.5 Å². The highest BCUT2D eigenvalue weighted by atomic mass is 32.2. The second-order valence-electron chi connectivity index (χ2n) is 20.4. The molecule has 0 fully saturated rings. The van der Waals surface area contributed by atoms with Gasteiger partial charge in [-0.15, -0.1) is 0 Å². The first-order valence-corrected chi connectivity index (χ1v) is 27.4. The van der Waals surface area contributed by atoms with Gasteiger partial charge in [0.15, 0.2) is 0 Å². The molecule has 3 N–H and O–H groups in total. The van der Waals surface area contributed by atoms with E-state index in [1.165, 1.54) is 14.2 Å². The number of hydrogen-bond acceptors (Lipinski definition) is 15. The maximum atomic E-state index is 12.4. The summed E-state index contributed by atoms with van der Waals surface area (Å²) in [7, 11) is 4.28. The zero-order valence-electron chi connectivity index (χ0n) is 45.4. The lowest BCUT2D eigenvalue weighted by Crippen LogP contribution is -2.44. The molecule has 0 saturated carbocycles. The number of rotatable bonds is 32. The molecule has 1 aromatic rings. The number of alkyl carbamates (subject to hydrolysis) is 2. The molecule has 0 saturated heterocycles. The number of hydrogen-bond donors (Lipinski definition) is 3. The van der Waals surface area contributed by atoms with E-state index in [-0.39, 0.29) is 30.1 Å². The fourth-order valence-electron chi connectivity index (χ4n) is 7.31. The molecule has 0 aliphatic rings. The summed E-state index contributed by atoms with van der Waals surface area (Å²) in [6, 6.07) is 6.33. The quantitative estimate of drug-likeness (QED) is 0.0457. The third-order valence-electron chi connectivity index (χ3n) is 10.7. The van der Waals surface area contributed by atoms with E-state index in [2.05, 4.69) is 57.8 Å². The molecule has 0 unspecified atom stereocenters. The van der Waals surface area contributed by atoms with E-state index in [9.17, 15) is 24.3 Å². The number of carbonyl (C=O) groups excluding carboxylic acids is 4.